The van der Waals surface area contributed by atoms with Gasteiger partial charge in [0.1, 0.15) is 6.10 Å². The number of nitrogens with zero attached hydrogens (tertiary/aromatic N) is 1. The van der Waals surface area contributed by atoms with Crippen LogP contribution >= 0.6 is 0 Å². The molecule has 1 aliphatic heterocycles. The molecule has 1 heterocycles. The molecule has 1 aliphatic rings. The third kappa shape index (κ3) is 3.28. The summed E-state index contributed by atoms with van der Waals surface area (Å²) < 4.78 is 5.36. The second-order valence-electron chi connectivity index (χ2n) is 6.30. The van der Waals surface area contributed by atoms with E-state index in [0.717, 1.165) is 4.90 Å². The predicted molar refractivity (Wildman–Crippen MR) is 72.0 cm³/mol. The molecule has 1 rings (SSSR count). The number of likely N-dealkylation sites (tertiary alicyclic amines) is 1. The van der Waals surface area contributed by atoms with E-state index in [4.69, 9.17) is 9.84 Å². The van der Waals surface area contributed by atoms with Crippen molar-refractivity contribution in [1.29, 1.82) is 0 Å². The van der Waals surface area contributed by atoms with Crippen LogP contribution in [0.5, 0.6) is 0 Å². The fourth-order valence-electron chi connectivity index (χ4n) is 2.75. The summed E-state index contributed by atoms with van der Waals surface area (Å²) in [7, 11) is 0. The summed E-state index contributed by atoms with van der Waals surface area (Å²) in [5.41, 5.74) is -2.42. The van der Waals surface area contributed by atoms with E-state index in [1.807, 2.05) is 0 Å². The maximum atomic E-state index is 11.8. The largest absolute Gasteiger partial charge is 0.479 e. The molecule has 0 aromatic carbocycles. The van der Waals surface area contributed by atoms with Gasteiger partial charge in [-0.2, -0.15) is 0 Å². The third-order valence-corrected chi connectivity index (χ3v) is 3.93. The molecule has 8 heteroatoms. The Balaban J connectivity index is 3.01. The van der Waals surface area contributed by atoms with Crippen molar-refractivity contribution in [3.8, 4) is 0 Å². The van der Waals surface area contributed by atoms with Crippen LogP contribution in [0.2, 0.25) is 0 Å². The van der Waals surface area contributed by atoms with E-state index in [9.17, 15) is 24.9 Å². The molecule has 0 bridgehead atoms. The Bertz CT molecular complexity index is 406. The second kappa shape index (κ2) is 6.17. The van der Waals surface area contributed by atoms with Gasteiger partial charge in [0.2, 0.25) is 0 Å². The number of aliphatic hydroxyl groups excluding tert-OH is 2. The van der Waals surface area contributed by atoms with Crippen LogP contribution in [0, 0.1) is 5.41 Å². The Morgan fingerprint density at radius 3 is 2.29 bits per heavy atom. The smallest absolute Gasteiger partial charge is 0.408 e. The average Bonchev–Trinajstić information content (AvgIpc) is 2.76. The van der Waals surface area contributed by atoms with E-state index >= 15 is 0 Å². The topological polar surface area (TPSA) is 128 Å². The molecular weight excluding hydrogens is 282 g/mol. The molecule has 0 aromatic heterocycles. The van der Waals surface area contributed by atoms with Gasteiger partial charge in [0.05, 0.1) is 25.9 Å². The van der Waals surface area contributed by atoms with Crippen LogP contribution in [0.25, 0.3) is 0 Å². The van der Waals surface area contributed by atoms with Gasteiger partial charge in [-0.1, -0.05) is 20.8 Å². The van der Waals surface area contributed by atoms with Gasteiger partial charge >= 0.3 is 12.1 Å². The fraction of sp³-hybridized carbons (Fsp3) is 0.846. The van der Waals surface area contributed by atoms with Gasteiger partial charge in [-0.15, -0.1) is 0 Å². The highest BCUT2D eigenvalue weighted by atomic mass is 16.5. The zero-order chi connectivity index (χ0) is 16.4. The molecule has 4 N–H and O–H groups in total. The number of carbonyl (C=O) groups is 2. The molecule has 1 saturated heterocycles. The normalized spacial score (nSPS) is 27.7. The lowest BCUT2D eigenvalue weighted by Crippen LogP contribution is -2.60. The molecule has 0 radical (unpaired) electrons. The lowest BCUT2D eigenvalue weighted by Gasteiger charge is -2.42. The van der Waals surface area contributed by atoms with Crippen molar-refractivity contribution < 1.29 is 34.8 Å². The van der Waals surface area contributed by atoms with Gasteiger partial charge in [0, 0.05) is 6.42 Å². The minimum atomic E-state index is -1.59. The molecule has 3 atom stereocenters. The second-order valence-corrected chi connectivity index (χ2v) is 6.30. The maximum absolute atomic E-state index is 11.8. The molecular formula is C13H23NO7. The molecule has 0 aliphatic carbocycles. The van der Waals surface area contributed by atoms with Gasteiger partial charge in [0.25, 0.3) is 0 Å². The van der Waals surface area contributed by atoms with Crippen molar-refractivity contribution in [3.05, 3.63) is 0 Å². The third-order valence-electron chi connectivity index (χ3n) is 3.93. The van der Waals surface area contributed by atoms with E-state index in [2.05, 4.69) is 0 Å². The average molecular weight is 305 g/mol. The van der Waals surface area contributed by atoms with Crippen molar-refractivity contribution >= 4 is 12.1 Å². The van der Waals surface area contributed by atoms with E-state index in [1.165, 1.54) is 0 Å². The number of carboxylic acids is 1. The molecule has 0 aromatic rings. The Morgan fingerprint density at radius 2 is 1.95 bits per heavy atom. The quantitative estimate of drug-likeness (QED) is 0.562. The van der Waals surface area contributed by atoms with Crippen molar-refractivity contribution in [2.45, 2.75) is 44.9 Å². The number of hydrogen-bond acceptors (Lipinski definition) is 5. The van der Waals surface area contributed by atoms with Gasteiger partial charge in [-0.3, -0.25) is 4.90 Å². The number of aliphatic carboxylic acids is 1. The fourth-order valence-corrected chi connectivity index (χ4v) is 2.75. The van der Waals surface area contributed by atoms with Crippen LogP contribution in [0.3, 0.4) is 0 Å². The Labute approximate surface area is 122 Å². The van der Waals surface area contributed by atoms with Crippen LogP contribution in [0.4, 0.5) is 4.79 Å². The van der Waals surface area contributed by atoms with Crippen molar-refractivity contribution in [2.24, 2.45) is 5.41 Å². The first-order valence-corrected chi connectivity index (χ1v) is 6.70. The minimum absolute atomic E-state index is 0.00369. The molecule has 8 nitrogen and oxygen atoms in total. The number of carboxylic acid groups (broad SMARTS) is 2. The van der Waals surface area contributed by atoms with E-state index in [-0.39, 0.29) is 19.6 Å². The van der Waals surface area contributed by atoms with E-state index in [0.29, 0.717) is 0 Å². The lowest BCUT2D eigenvalue weighted by atomic mass is 9.71. The standard InChI is InChI=1S/C13H23NO7/c1-12(2,3)13(10(17)18)4-9(5-14(13)11(19)20)21-7-8(16)6-15/h8-9,15-16H,4-7H2,1-3H3,(H,17,18)(H,19,20)/t8?,9-,13+/m1/s1. The first-order valence-electron chi connectivity index (χ1n) is 6.70. The van der Waals surface area contributed by atoms with Crippen LogP contribution in [0.1, 0.15) is 27.2 Å². The molecule has 21 heavy (non-hydrogen) atoms. The minimum Gasteiger partial charge on any atom is -0.479 e. The highest BCUT2D eigenvalue weighted by Crippen LogP contribution is 2.44. The van der Waals surface area contributed by atoms with E-state index in [1.54, 1.807) is 20.8 Å². The van der Waals surface area contributed by atoms with Crippen LogP contribution < -0.4 is 0 Å². The summed E-state index contributed by atoms with van der Waals surface area (Å²) in [5.74, 6) is -1.22. The lowest BCUT2D eigenvalue weighted by molar-refractivity contribution is -0.156. The Kier molecular flexibility index (Phi) is 5.19. The number of rotatable bonds is 5. The number of aliphatic hydroxyl groups is 2. The molecule has 0 saturated carbocycles. The molecule has 1 amide bonds. The Morgan fingerprint density at radius 1 is 1.38 bits per heavy atom. The van der Waals surface area contributed by atoms with Crippen molar-refractivity contribution in [2.75, 3.05) is 19.8 Å². The van der Waals surface area contributed by atoms with Crippen LogP contribution in [-0.4, -0.2) is 74.9 Å². The van der Waals surface area contributed by atoms with Crippen LogP contribution in [0.15, 0.2) is 0 Å². The molecule has 1 fully saturated rings. The summed E-state index contributed by atoms with van der Waals surface area (Å²) in [6.45, 7) is 4.27. The highest BCUT2D eigenvalue weighted by molar-refractivity contribution is 5.85. The number of ether oxygens (including phenoxy) is 1. The first-order chi connectivity index (χ1) is 9.56. The summed E-state index contributed by atoms with van der Waals surface area (Å²) >= 11 is 0. The van der Waals surface area contributed by atoms with Crippen LogP contribution in [-0.2, 0) is 9.53 Å². The predicted octanol–water partition coefficient (Wildman–Crippen LogP) is -0.0220. The van der Waals surface area contributed by atoms with Gasteiger partial charge in [-0.05, 0) is 5.41 Å². The highest BCUT2D eigenvalue weighted by Gasteiger charge is 2.60. The van der Waals surface area contributed by atoms with Gasteiger partial charge in [0.15, 0.2) is 5.54 Å². The maximum Gasteiger partial charge on any atom is 0.408 e. The summed E-state index contributed by atoms with van der Waals surface area (Å²) in [6.07, 6.45) is -3.03. The molecule has 122 valence electrons. The van der Waals surface area contributed by atoms with Gasteiger partial charge < -0.3 is 25.2 Å². The SMILES string of the molecule is CC(C)(C)[C@@]1(C(=O)O)C[C@@H](OCC(O)CO)CN1C(=O)O. The Hall–Kier alpha value is -1.38. The number of hydrogen-bond donors (Lipinski definition) is 4. The zero-order valence-corrected chi connectivity index (χ0v) is 12.4. The zero-order valence-electron chi connectivity index (χ0n) is 12.4. The summed E-state index contributed by atoms with van der Waals surface area (Å²) in [6, 6.07) is 0. The molecule has 0 spiro atoms. The van der Waals surface area contributed by atoms with Crippen molar-refractivity contribution in [3.63, 3.8) is 0 Å². The van der Waals surface area contributed by atoms with Gasteiger partial charge in [-0.25, -0.2) is 9.59 Å². The number of amides is 1. The van der Waals surface area contributed by atoms with Crippen molar-refractivity contribution in [1.82, 2.24) is 4.90 Å². The summed E-state index contributed by atoms with van der Waals surface area (Å²) in [4.78, 5) is 24.1. The van der Waals surface area contributed by atoms with E-state index < -0.39 is 41.8 Å². The molecule has 1 unspecified atom stereocenters. The monoisotopic (exact) mass is 305 g/mol. The first kappa shape index (κ1) is 17.7. The summed E-state index contributed by atoms with van der Waals surface area (Å²) in [5, 5.41) is 36.9.